The number of hydrogen-bond donors (Lipinski definition) is 1. The second-order valence-electron chi connectivity index (χ2n) is 5.60. The summed E-state index contributed by atoms with van der Waals surface area (Å²) in [6.07, 6.45) is 3.02. The lowest BCUT2D eigenvalue weighted by atomic mass is 10.2. The Kier molecular flexibility index (Phi) is 5.71. The molecule has 2 aromatic heterocycles. The number of carbonyl (C=O) groups excluding carboxylic acids is 1. The number of carboxylic acids is 1. The smallest absolute Gasteiger partial charge is 0.346 e. The Labute approximate surface area is 143 Å². The number of carboxylic acid groups (broad SMARTS) is 1. The zero-order valence-electron chi connectivity index (χ0n) is 14.0. The molecule has 1 amide bonds. The molecule has 0 aliphatic carbocycles. The van der Waals surface area contributed by atoms with E-state index in [2.05, 4.69) is 4.98 Å². The van der Waals surface area contributed by atoms with E-state index in [1.807, 2.05) is 13.8 Å². The van der Waals surface area contributed by atoms with E-state index in [4.69, 9.17) is 0 Å². The molecule has 0 unspecified atom stereocenters. The van der Waals surface area contributed by atoms with Gasteiger partial charge in [0.1, 0.15) is 16.3 Å². The van der Waals surface area contributed by atoms with E-state index in [9.17, 15) is 19.5 Å². The first-order chi connectivity index (χ1) is 11.4. The molecule has 24 heavy (non-hydrogen) atoms. The number of aromatic carboxylic acids is 1. The van der Waals surface area contributed by atoms with Gasteiger partial charge >= 0.3 is 5.97 Å². The third-order valence-electron chi connectivity index (χ3n) is 3.76. The number of carbonyl (C=O) groups is 2. The van der Waals surface area contributed by atoms with Crippen molar-refractivity contribution in [3.05, 3.63) is 27.1 Å². The van der Waals surface area contributed by atoms with Gasteiger partial charge in [-0.3, -0.25) is 14.2 Å². The molecule has 0 radical (unpaired) electrons. The molecule has 0 bridgehead atoms. The largest absolute Gasteiger partial charge is 0.477 e. The number of rotatable bonds is 7. The lowest BCUT2D eigenvalue weighted by Gasteiger charge is -2.21. The SMILES string of the molecule is CCCN(CCC)C(=O)Cn1cnc2sc(C(=O)O)c(C)c2c1=O. The first kappa shape index (κ1) is 18.1. The van der Waals surface area contributed by atoms with Crippen LogP contribution in [-0.2, 0) is 11.3 Å². The van der Waals surface area contributed by atoms with Crippen LogP contribution in [0, 0.1) is 6.92 Å². The lowest BCUT2D eigenvalue weighted by molar-refractivity contribution is -0.132. The predicted molar refractivity (Wildman–Crippen MR) is 92.7 cm³/mol. The summed E-state index contributed by atoms with van der Waals surface area (Å²) in [5, 5.41) is 9.46. The van der Waals surface area contributed by atoms with Crippen LogP contribution in [0.2, 0.25) is 0 Å². The second kappa shape index (κ2) is 7.57. The van der Waals surface area contributed by atoms with Crippen LogP contribution in [0.1, 0.15) is 41.9 Å². The second-order valence-corrected chi connectivity index (χ2v) is 6.60. The summed E-state index contributed by atoms with van der Waals surface area (Å²) < 4.78 is 1.26. The van der Waals surface area contributed by atoms with E-state index in [-0.39, 0.29) is 28.3 Å². The van der Waals surface area contributed by atoms with E-state index in [0.29, 0.717) is 23.5 Å². The Balaban J connectivity index is 2.38. The van der Waals surface area contributed by atoms with Crippen LogP contribution < -0.4 is 5.56 Å². The number of nitrogens with zero attached hydrogens (tertiary/aromatic N) is 3. The standard InChI is InChI=1S/C16H21N3O4S/c1-4-6-18(7-5-2)11(20)8-19-9-17-14-12(15(19)21)10(3)13(24-14)16(22)23/h9H,4-8H2,1-3H3,(H,22,23). The van der Waals surface area contributed by atoms with Crippen LogP contribution in [0.25, 0.3) is 10.2 Å². The molecule has 2 aromatic rings. The highest BCUT2D eigenvalue weighted by atomic mass is 32.1. The maximum absolute atomic E-state index is 12.6. The molecule has 0 saturated carbocycles. The minimum atomic E-state index is -1.07. The summed E-state index contributed by atoms with van der Waals surface area (Å²) in [4.78, 5) is 42.7. The molecule has 0 saturated heterocycles. The quantitative estimate of drug-likeness (QED) is 0.825. The molecular formula is C16H21N3O4S. The Hall–Kier alpha value is -2.22. The summed E-state index contributed by atoms with van der Waals surface area (Å²) in [5.74, 6) is -1.21. The van der Waals surface area contributed by atoms with Crippen LogP contribution in [-0.4, -0.2) is 44.5 Å². The Morgan fingerprint density at radius 3 is 2.46 bits per heavy atom. The van der Waals surface area contributed by atoms with Crippen molar-refractivity contribution < 1.29 is 14.7 Å². The topological polar surface area (TPSA) is 92.5 Å². The highest BCUT2D eigenvalue weighted by Crippen LogP contribution is 2.26. The number of aryl methyl sites for hydroxylation is 1. The fourth-order valence-corrected chi connectivity index (χ4v) is 3.60. The summed E-state index contributed by atoms with van der Waals surface area (Å²) in [5.41, 5.74) is 0.0309. The molecule has 0 fully saturated rings. The number of hydrogen-bond acceptors (Lipinski definition) is 5. The van der Waals surface area contributed by atoms with Gasteiger partial charge in [-0.15, -0.1) is 11.3 Å². The van der Waals surface area contributed by atoms with Gasteiger partial charge in [-0.05, 0) is 25.3 Å². The minimum Gasteiger partial charge on any atom is -0.477 e. The van der Waals surface area contributed by atoms with Crippen molar-refractivity contribution in [1.29, 1.82) is 0 Å². The normalized spacial score (nSPS) is 11.0. The molecule has 0 aliphatic rings. The fourth-order valence-electron chi connectivity index (χ4n) is 2.62. The molecule has 2 heterocycles. The molecule has 8 heteroatoms. The van der Waals surface area contributed by atoms with Gasteiger partial charge in [-0.25, -0.2) is 9.78 Å². The molecule has 2 rings (SSSR count). The van der Waals surface area contributed by atoms with Crippen molar-refractivity contribution in [2.75, 3.05) is 13.1 Å². The summed E-state index contributed by atoms with van der Waals surface area (Å²) in [6.45, 7) is 6.81. The molecule has 0 aliphatic heterocycles. The highest BCUT2D eigenvalue weighted by molar-refractivity contribution is 7.20. The van der Waals surface area contributed by atoms with Crippen LogP contribution in [0.4, 0.5) is 0 Å². The lowest BCUT2D eigenvalue weighted by Crippen LogP contribution is -2.37. The van der Waals surface area contributed by atoms with E-state index in [1.54, 1.807) is 11.8 Å². The monoisotopic (exact) mass is 351 g/mol. The van der Waals surface area contributed by atoms with Gasteiger partial charge in [0.25, 0.3) is 5.56 Å². The maximum atomic E-state index is 12.6. The van der Waals surface area contributed by atoms with Crippen LogP contribution in [0.5, 0.6) is 0 Å². The molecule has 7 nitrogen and oxygen atoms in total. The molecular weight excluding hydrogens is 330 g/mol. The van der Waals surface area contributed by atoms with E-state index in [1.165, 1.54) is 10.9 Å². The minimum absolute atomic E-state index is 0.0839. The number of fused-ring (bicyclic) bond motifs is 1. The predicted octanol–water partition coefficient (Wildman–Crippen LogP) is 2.11. The molecule has 0 aromatic carbocycles. The fraction of sp³-hybridized carbons (Fsp3) is 0.500. The van der Waals surface area contributed by atoms with Gasteiger partial charge in [0.15, 0.2) is 0 Å². The highest BCUT2D eigenvalue weighted by Gasteiger charge is 2.20. The summed E-state index contributed by atoms with van der Waals surface area (Å²) in [7, 11) is 0. The van der Waals surface area contributed by atoms with Crippen molar-refractivity contribution in [1.82, 2.24) is 14.5 Å². The Morgan fingerprint density at radius 2 is 1.92 bits per heavy atom. The van der Waals surface area contributed by atoms with Gasteiger partial charge in [0.2, 0.25) is 5.91 Å². The Morgan fingerprint density at radius 1 is 1.29 bits per heavy atom. The molecule has 1 N–H and O–H groups in total. The van der Waals surface area contributed by atoms with Crippen molar-refractivity contribution >= 4 is 33.4 Å². The number of aromatic nitrogens is 2. The average Bonchev–Trinajstić information content (AvgIpc) is 2.87. The zero-order chi connectivity index (χ0) is 17.9. The maximum Gasteiger partial charge on any atom is 0.346 e. The zero-order valence-corrected chi connectivity index (χ0v) is 14.9. The van der Waals surface area contributed by atoms with Gasteiger partial charge in [0, 0.05) is 13.1 Å². The van der Waals surface area contributed by atoms with Gasteiger partial charge in [-0.2, -0.15) is 0 Å². The van der Waals surface area contributed by atoms with Crippen molar-refractivity contribution in [2.45, 2.75) is 40.2 Å². The van der Waals surface area contributed by atoms with Crippen molar-refractivity contribution in [3.8, 4) is 0 Å². The van der Waals surface area contributed by atoms with E-state index < -0.39 is 5.97 Å². The van der Waals surface area contributed by atoms with E-state index in [0.717, 1.165) is 24.2 Å². The number of amides is 1. The van der Waals surface area contributed by atoms with Crippen LogP contribution in [0.3, 0.4) is 0 Å². The van der Waals surface area contributed by atoms with Crippen molar-refractivity contribution in [2.24, 2.45) is 0 Å². The first-order valence-electron chi connectivity index (χ1n) is 7.90. The molecule has 0 atom stereocenters. The summed E-state index contributed by atoms with van der Waals surface area (Å²) in [6, 6.07) is 0. The summed E-state index contributed by atoms with van der Waals surface area (Å²) >= 11 is 0.977. The first-order valence-corrected chi connectivity index (χ1v) is 8.71. The van der Waals surface area contributed by atoms with Crippen LogP contribution >= 0.6 is 11.3 Å². The molecule has 0 spiro atoms. The van der Waals surface area contributed by atoms with Gasteiger partial charge < -0.3 is 10.0 Å². The van der Waals surface area contributed by atoms with Crippen molar-refractivity contribution in [3.63, 3.8) is 0 Å². The third-order valence-corrected chi connectivity index (χ3v) is 4.94. The van der Waals surface area contributed by atoms with E-state index >= 15 is 0 Å². The third kappa shape index (κ3) is 3.48. The average molecular weight is 351 g/mol. The Bertz CT molecular complexity index is 819. The van der Waals surface area contributed by atoms with Gasteiger partial charge in [-0.1, -0.05) is 13.8 Å². The van der Waals surface area contributed by atoms with Crippen LogP contribution in [0.15, 0.2) is 11.1 Å². The van der Waals surface area contributed by atoms with Gasteiger partial charge in [0.05, 0.1) is 11.7 Å². The molecule has 130 valence electrons. The number of thiophene rings is 1.